The van der Waals surface area contributed by atoms with E-state index in [2.05, 4.69) is 60.5 Å². The zero-order chi connectivity index (χ0) is 19.8. The Morgan fingerprint density at radius 1 is 1.32 bits per heavy atom. The van der Waals surface area contributed by atoms with Crippen LogP contribution in [0.25, 0.3) is 10.9 Å². The number of likely N-dealkylation sites (tertiary alicyclic amines) is 1. The predicted octanol–water partition coefficient (Wildman–Crippen LogP) is 2.98. The van der Waals surface area contributed by atoms with Gasteiger partial charge in [0.05, 0.1) is 23.8 Å². The van der Waals surface area contributed by atoms with E-state index in [1.54, 1.807) is 0 Å². The second-order valence-electron chi connectivity index (χ2n) is 9.48. The van der Waals surface area contributed by atoms with Crippen LogP contribution in [-0.2, 0) is 11.8 Å². The van der Waals surface area contributed by atoms with Crippen molar-refractivity contribution in [2.45, 2.75) is 38.4 Å². The standard InChI is InChI=1S/C23H31N3O2/c1-14-7-6-8-16-15(2)21(25(5)20(14)16)22(27)26-12-18-17(11-24(3)4)19-9-10-23(18,13-26)28-19/h6-8,17-19H,9-13H2,1-5H3/t17-,18+,19+,23+/m1/s1. The van der Waals surface area contributed by atoms with E-state index in [4.69, 9.17) is 4.74 Å². The zero-order valence-electron chi connectivity index (χ0n) is 17.7. The van der Waals surface area contributed by atoms with E-state index in [9.17, 15) is 4.79 Å². The third-order valence-corrected chi connectivity index (χ3v) is 7.52. The highest BCUT2D eigenvalue weighted by Gasteiger charge is 2.63. The molecule has 2 bridgehead atoms. The lowest BCUT2D eigenvalue weighted by Crippen LogP contribution is -2.40. The summed E-state index contributed by atoms with van der Waals surface area (Å²) in [4.78, 5) is 18.0. The molecule has 1 spiro atoms. The Balaban J connectivity index is 1.48. The predicted molar refractivity (Wildman–Crippen MR) is 111 cm³/mol. The van der Waals surface area contributed by atoms with Crippen molar-refractivity contribution in [1.29, 1.82) is 0 Å². The number of hydrogen-bond donors (Lipinski definition) is 0. The van der Waals surface area contributed by atoms with E-state index < -0.39 is 0 Å². The Kier molecular flexibility index (Phi) is 3.95. The van der Waals surface area contributed by atoms with Crippen LogP contribution in [0.2, 0.25) is 0 Å². The second-order valence-corrected chi connectivity index (χ2v) is 9.48. The molecule has 3 aliphatic heterocycles. The fraction of sp³-hybridized carbons (Fsp3) is 0.609. The van der Waals surface area contributed by atoms with E-state index in [0.717, 1.165) is 43.7 Å². The topological polar surface area (TPSA) is 37.7 Å². The van der Waals surface area contributed by atoms with Gasteiger partial charge >= 0.3 is 0 Å². The van der Waals surface area contributed by atoms with Gasteiger partial charge in [0.25, 0.3) is 5.91 Å². The number of ether oxygens (including phenoxy) is 1. The monoisotopic (exact) mass is 381 g/mol. The minimum atomic E-state index is -0.102. The number of carbonyl (C=O) groups excluding carboxylic acids is 1. The molecule has 1 aromatic carbocycles. The van der Waals surface area contributed by atoms with Crippen molar-refractivity contribution in [1.82, 2.24) is 14.4 Å². The quantitative estimate of drug-likeness (QED) is 0.820. The number of benzene rings is 1. The maximum Gasteiger partial charge on any atom is 0.270 e. The summed E-state index contributed by atoms with van der Waals surface area (Å²) in [6.45, 7) is 6.82. The third kappa shape index (κ3) is 2.35. The number of fused-ring (bicyclic) bond motifs is 2. The number of para-hydroxylation sites is 1. The molecule has 1 aromatic heterocycles. The van der Waals surface area contributed by atoms with Crippen molar-refractivity contribution < 1.29 is 9.53 Å². The summed E-state index contributed by atoms with van der Waals surface area (Å²) in [5.41, 5.74) is 4.21. The molecule has 28 heavy (non-hydrogen) atoms. The van der Waals surface area contributed by atoms with Crippen molar-refractivity contribution in [3.05, 3.63) is 35.0 Å². The molecule has 4 atom stereocenters. The van der Waals surface area contributed by atoms with Gasteiger partial charge in [-0.2, -0.15) is 0 Å². The molecule has 5 nitrogen and oxygen atoms in total. The van der Waals surface area contributed by atoms with E-state index >= 15 is 0 Å². The maximum absolute atomic E-state index is 13.6. The van der Waals surface area contributed by atoms with Crippen LogP contribution in [0, 0.1) is 25.7 Å². The Morgan fingerprint density at radius 2 is 2.11 bits per heavy atom. The summed E-state index contributed by atoms with van der Waals surface area (Å²) in [6.07, 6.45) is 2.62. The molecule has 1 amide bonds. The van der Waals surface area contributed by atoms with Gasteiger partial charge in [-0.25, -0.2) is 0 Å². The van der Waals surface area contributed by atoms with Gasteiger partial charge in [0.15, 0.2) is 0 Å². The molecule has 4 heterocycles. The van der Waals surface area contributed by atoms with Crippen molar-refractivity contribution in [3.8, 4) is 0 Å². The largest absolute Gasteiger partial charge is 0.369 e. The summed E-state index contributed by atoms with van der Waals surface area (Å²) in [6, 6.07) is 6.33. The van der Waals surface area contributed by atoms with E-state index in [1.165, 1.54) is 16.5 Å². The Bertz CT molecular complexity index is 962. The molecule has 5 heteroatoms. The van der Waals surface area contributed by atoms with Crippen molar-refractivity contribution in [3.63, 3.8) is 0 Å². The van der Waals surface area contributed by atoms with Crippen molar-refractivity contribution >= 4 is 16.8 Å². The Hall–Kier alpha value is -1.85. The number of carbonyl (C=O) groups is 1. The first-order chi connectivity index (χ1) is 13.3. The minimum Gasteiger partial charge on any atom is -0.369 e. The summed E-state index contributed by atoms with van der Waals surface area (Å²) in [5, 5.41) is 1.19. The highest BCUT2D eigenvalue weighted by Crippen LogP contribution is 2.55. The molecule has 5 rings (SSSR count). The van der Waals surface area contributed by atoms with Crippen LogP contribution >= 0.6 is 0 Å². The molecule has 0 radical (unpaired) electrons. The fourth-order valence-electron chi connectivity index (χ4n) is 6.36. The molecule has 0 saturated carbocycles. The first-order valence-corrected chi connectivity index (χ1v) is 10.5. The van der Waals surface area contributed by atoms with E-state index in [-0.39, 0.29) is 11.5 Å². The summed E-state index contributed by atoms with van der Waals surface area (Å²) < 4.78 is 8.63. The maximum atomic E-state index is 13.6. The highest BCUT2D eigenvalue weighted by molar-refractivity contribution is 6.02. The number of nitrogens with zero attached hydrogens (tertiary/aromatic N) is 3. The SMILES string of the molecule is Cc1c(C(=O)N2C[C@H]3[C@@H](CN(C)C)[C@@H]4CC[C@@]3(C2)O4)n(C)c2c(C)cccc12. The van der Waals surface area contributed by atoms with Crippen LogP contribution in [0.15, 0.2) is 18.2 Å². The average molecular weight is 382 g/mol. The van der Waals surface area contributed by atoms with Crippen LogP contribution in [0.1, 0.15) is 34.5 Å². The smallest absolute Gasteiger partial charge is 0.270 e. The van der Waals surface area contributed by atoms with Crippen LogP contribution in [0.5, 0.6) is 0 Å². The molecular formula is C23H31N3O2. The molecule has 0 unspecified atom stereocenters. The van der Waals surface area contributed by atoms with Crippen LogP contribution in [0.3, 0.4) is 0 Å². The molecule has 0 N–H and O–H groups in total. The molecule has 150 valence electrons. The lowest BCUT2D eigenvalue weighted by atomic mass is 9.73. The van der Waals surface area contributed by atoms with Gasteiger partial charge in [-0.3, -0.25) is 4.79 Å². The van der Waals surface area contributed by atoms with Crippen LogP contribution < -0.4 is 0 Å². The molecule has 2 aromatic rings. The summed E-state index contributed by atoms with van der Waals surface area (Å²) in [5.74, 6) is 1.17. The second kappa shape index (κ2) is 6.07. The number of aryl methyl sites for hydroxylation is 3. The average Bonchev–Trinajstić information content (AvgIpc) is 3.35. The van der Waals surface area contributed by atoms with Crippen molar-refractivity contribution in [2.24, 2.45) is 18.9 Å². The van der Waals surface area contributed by atoms with Gasteiger partial charge in [0, 0.05) is 37.4 Å². The van der Waals surface area contributed by atoms with Gasteiger partial charge in [0.2, 0.25) is 0 Å². The highest BCUT2D eigenvalue weighted by atomic mass is 16.5. The van der Waals surface area contributed by atoms with Crippen LogP contribution in [0.4, 0.5) is 0 Å². The Labute approximate surface area is 167 Å². The number of aromatic nitrogens is 1. The number of rotatable bonds is 3. The first-order valence-electron chi connectivity index (χ1n) is 10.5. The molecule has 0 aliphatic carbocycles. The minimum absolute atomic E-state index is 0.102. The molecular weight excluding hydrogens is 350 g/mol. The first kappa shape index (κ1) is 18.2. The van der Waals surface area contributed by atoms with Gasteiger partial charge in [0.1, 0.15) is 5.69 Å². The molecule has 3 aliphatic rings. The normalized spacial score (nSPS) is 31.4. The lowest BCUT2D eigenvalue weighted by Gasteiger charge is -2.30. The lowest BCUT2D eigenvalue weighted by molar-refractivity contribution is 0.00246. The van der Waals surface area contributed by atoms with Gasteiger partial charge in [-0.05, 0) is 51.9 Å². The zero-order valence-corrected chi connectivity index (χ0v) is 17.7. The van der Waals surface area contributed by atoms with E-state index in [0.29, 0.717) is 17.9 Å². The van der Waals surface area contributed by atoms with Gasteiger partial charge < -0.3 is 19.1 Å². The van der Waals surface area contributed by atoms with Crippen molar-refractivity contribution in [2.75, 3.05) is 33.7 Å². The Morgan fingerprint density at radius 3 is 2.82 bits per heavy atom. The summed E-state index contributed by atoms with van der Waals surface area (Å²) >= 11 is 0. The molecule has 3 fully saturated rings. The molecule has 3 saturated heterocycles. The van der Waals surface area contributed by atoms with Gasteiger partial charge in [-0.15, -0.1) is 0 Å². The van der Waals surface area contributed by atoms with Gasteiger partial charge in [-0.1, -0.05) is 18.2 Å². The number of amides is 1. The van der Waals surface area contributed by atoms with E-state index in [1.807, 2.05) is 7.05 Å². The van der Waals surface area contributed by atoms with Crippen LogP contribution in [-0.4, -0.2) is 65.7 Å². The fourth-order valence-corrected chi connectivity index (χ4v) is 6.36. The number of hydrogen-bond acceptors (Lipinski definition) is 3. The summed E-state index contributed by atoms with van der Waals surface area (Å²) in [7, 11) is 6.30. The third-order valence-electron chi connectivity index (χ3n) is 7.52.